The fourth-order valence-corrected chi connectivity index (χ4v) is 5.27. The molecule has 0 heterocycles. The third-order valence-electron chi connectivity index (χ3n) is 6.04. The van der Waals surface area contributed by atoms with Gasteiger partial charge in [-0.15, -0.1) is 0 Å². The molecule has 10 nitrogen and oxygen atoms in total. The molecule has 0 radical (unpaired) electrons. The Morgan fingerprint density at radius 1 is 0.628 bits per heavy atom. The smallest absolute Gasteiger partial charge is 0.306 e. The van der Waals surface area contributed by atoms with Crippen LogP contribution in [0.4, 0.5) is 0 Å². The van der Waals surface area contributed by atoms with Crippen LogP contribution in [0.25, 0.3) is 22.3 Å². The van der Waals surface area contributed by atoms with Crippen LogP contribution in [0.2, 0.25) is 0 Å². The van der Waals surface area contributed by atoms with Crippen LogP contribution in [-0.4, -0.2) is 50.2 Å². The molecule has 0 aliphatic carbocycles. The zero-order chi connectivity index (χ0) is 31.2. The summed E-state index contributed by atoms with van der Waals surface area (Å²) in [6.45, 7) is 2.52. The molecule has 0 aliphatic heterocycles. The molecule has 228 valence electrons. The van der Waals surface area contributed by atoms with Gasteiger partial charge in [0.1, 0.15) is 18.1 Å². The molecule has 0 saturated heterocycles. The minimum absolute atomic E-state index is 0.101. The van der Waals surface area contributed by atoms with Gasteiger partial charge in [-0.25, -0.2) is 0 Å². The lowest BCUT2D eigenvalue weighted by atomic mass is 9.96. The molecule has 0 N–H and O–H groups in total. The molecule has 0 bridgehead atoms. The van der Waals surface area contributed by atoms with Crippen molar-refractivity contribution in [1.82, 2.24) is 0 Å². The normalized spacial score (nSPS) is 11.5. The minimum atomic E-state index is -4.04. The number of rotatable bonds is 13. The van der Waals surface area contributed by atoms with E-state index in [1.165, 1.54) is 26.4 Å². The first-order valence-electron chi connectivity index (χ1n) is 13.0. The molecule has 4 aromatic carbocycles. The second-order valence-corrected chi connectivity index (χ2v) is 12.5. The van der Waals surface area contributed by atoms with Crippen LogP contribution in [0, 0.1) is 0 Å². The Hall–Kier alpha value is -4.42. The maximum atomic E-state index is 12.5. The van der Waals surface area contributed by atoms with Crippen molar-refractivity contribution in [3.63, 3.8) is 0 Å². The Morgan fingerprint density at radius 3 is 1.86 bits per heavy atom. The van der Waals surface area contributed by atoms with Crippen molar-refractivity contribution in [2.45, 2.75) is 13.5 Å². The highest BCUT2D eigenvalue weighted by atomic mass is 32.2. The predicted octanol–water partition coefficient (Wildman–Crippen LogP) is 5.69. The molecule has 4 rings (SSSR count). The van der Waals surface area contributed by atoms with Crippen molar-refractivity contribution in [2.75, 3.05) is 33.3 Å². The van der Waals surface area contributed by atoms with Gasteiger partial charge in [0.2, 0.25) is 0 Å². The summed E-state index contributed by atoms with van der Waals surface area (Å²) in [7, 11) is -4.92. The van der Waals surface area contributed by atoms with E-state index in [-0.39, 0.29) is 23.0 Å². The molecular formula is C31H32O10S2. The summed E-state index contributed by atoms with van der Waals surface area (Å²) >= 11 is 0. The molecule has 0 aliphatic rings. The molecule has 0 atom stereocenters. The second-order valence-electron chi connectivity index (χ2n) is 9.33. The summed E-state index contributed by atoms with van der Waals surface area (Å²) in [5.41, 5.74) is 2.80. The number of benzene rings is 4. The van der Waals surface area contributed by atoms with Gasteiger partial charge >= 0.3 is 20.2 Å². The fraction of sp³-hybridized carbons (Fsp3) is 0.226. The highest BCUT2D eigenvalue weighted by Crippen LogP contribution is 2.51. The molecule has 0 spiro atoms. The number of hydrogen-bond donors (Lipinski definition) is 0. The third kappa shape index (κ3) is 8.11. The topological polar surface area (TPSA) is 124 Å². The minimum Gasteiger partial charge on any atom is -0.496 e. The Bertz CT molecular complexity index is 1780. The Balaban J connectivity index is 1.86. The first-order valence-corrected chi connectivity index (χ1v) is 16.7. The van der Waals surface area contributed by atoms with E-state index < -0.39 is 20.2 Å². The van der Waals surface area contributed by atoms with Crippen LogP contribution < -0.4 is 27.3 Å². The van der Waals surface area contributed by atoms with E-state index in [1.54, 1.807) is 36.4 Å². The standard InChI is InChI=1S/C31H32O10S2/c1-6-38-27-18-23(14-17-26(27)39-20-21-10-8-7-9-11-21)29-28(36-2)19-25(30(37-3)31(29)41-43(5,34)35)22-12-15-24(16-13-22)40-42(4,32)33/h7-19H,6,20H2,1-5H3. The van der Waals surface area contributed by atoms with Gasteiger partial charge in [-0.1, -0.05) is 48.5 Å². The fourth-order valence-electron chi connectivity index (χ4n) is 4.35. The number of methoxy groups -OCH3 is 2. The second kappa shape index (κ2) is 13.3. The summed E-state index contributed by atoms with van der Waals surface area (Å²) in [6.07, 6.45) is 1.88. The highest BCUT2D eigenvalue weighted by Gasteiger charge is 2.27. The third-order valence-corrected chi connectivity index (χ3v) is 7.01. The molecule has 12 heteroatoms. The maximum absolute atomic E-state index is 12.5. The summed E-state index contributed by atoms with van der Waals surface area (Å²) in [4.78, 5) is 0. The van der Waals surface area contributed by atoms with E-state index in [4.69, 9.17) is 27.3 Å². The van der Waals surface area contributed by atoms with Gasteiger partial charge in [-0.3, -0.25) is 0 Å². The van der Waals surface area contributed by atoms with Crippen molar-refractivity contribution in [1.29, 1.82) is 0 Å². The van der Waals surface area contributed by atoms with Crippen molar-refractivity contribution in [3.05, 3.63) is 84.4 Å². The van der Waals surface area contributed by atoms with Gasteiger partial charge in [0.25, 0.3) is 0 Å². The van der Waals surface area contributed by atoms with Crippen LogP contribution in [0.15, 0.2) is 78.9 Å². The van der Waals surface area contributed by atoms with Crippen LogP contribution in [0.1, 0.15) is 12.5 Å². The molecule has 0 aromatic heterocycles. The molecule has 0 saturated carbocycles. The average Bonchev–Trinajstić information content (AvgIpc) is 2.95. The van der Waals surface area contributed by atoms with Gasteiger partial charge in [-0.05, 0) is 53.9 Å². The van der Waals surface area contributed by atoms with Gasteiger partial charge in [0.05, 0.1) is 38.9 Å². The first kappa shape index (κ1) is 31.5. The SMILES string of the molecule is CCOc1cc(-c2c(OC)cc(-c3ccc(OS(C)(=O)=O)cc3)c(OC)c2OS(C)(=O)=O)ccc1OCc1ccccc1. The largest absolute Gasteiger partial charge is 0.496 e. The van der Waals surface area contributed by atoms with E-state index in [2.05, 4.69) is 0 Å². The van der Waals surface area contributed by atoms with Crippen molar-refractivity contribution in [3.8, 4) is 56.8 Å². The first-order chi connectivity index (χ1) is 20.4. The van der Waals surface area contributed by atoms with Gasteiger partial charge in [0.15, 0.2) is 23.0 Å². The lowest BCUT2D eigenvalue weighted by molar-refractivity contribution is 0.269. The lowest BCUT2D eigenvalue weighted by Gasteiger charge is -2.21. The Kier molecular flexibility index (Phi) is 9.72. The van der Waals surface area contributed by atoms with E-state index in [9.17, 15) is 16.8 Å². The van der Waals surface area contributed by atoms with Crippen molar-refractivity contribution in [2.24, 2.45) is 0 Å². The van der Waals surface area contributed by atoms with Crippen molar-refractivity contribution >= 4 is 20.2 Å². The van der Waals surface area contributed by atoms with E-state index in [1.807, 2.05) is 37.3 Å². The van der Waals surface area contributed by atoms with E-state index >= 15 is 0 Å². The highest BCUT2D eigenvalue weighted by molar-refractivity contribution is 7.86. The molecule has 0 fully saturated rings. The van der Waals surface area contributed by atoms with Crippen LogP contribution in [0.3, 0.4) is 0 Å². The lowest BCUT2D eigenvalue weighted by Crippen LogP contribution is -2.09. The Labute approximate surface area is 252 Å². The van der Waals surface area contributed by atoms with Gasteiger partial charge < -0.3 is 27.3 Å². The van der Waals surface area contributed by atoms with Gasteiger partial charge in [-0.2, -0.15) is 16.8 Å². The molecule has 43 heavy (non-hydrogen) atoms. The monoisotopic (exact) mass is 628 g/mol. The molecule has 0 amide bonds. The zero-order valence-electron chi connectivity index (χ0n) is 24.3. The maximum Gasteiger partial charge on any atom is 0.306 e. The zero-order valence-corrected chi connectivity index (χ0v) is 26.0. The number of ether oxygens (including phenoxy) is 4. The summed E-state index contributed by atoms with van der Waals surface area (Å²) in [6, 6.07) is 22.7. The molecule has 4 aromatic rings. The molecule has 0 unspecified atom stereocenters. The molecular weight excluding hydrogens is 596 g/mol. The van der Waals surface area contributed by atoms with Crippen LogP contribution in [0.5, 0.6) is 34.5 Å². The average molecular weight is 629 g/mol. The summed E-state index contributed by atoms with van der Waals surface area (Å²) in [5, 5.41) is 0. The van der Waals surface area contributed by atoms with Crippen molar-refractivity contribution < 1.29 is 44.1 Å². The van der Waals surface area contributed by atoms with Gasteiger partial charge in [0, 0.05) is 5.56 Å². The van der Waals surface area contributed by atoms with E-state index in [0.717, 1.165) is 18.1 Å². The quantitative estimate of drug-likeness (QED) is 0.171. The summed E-state index contributed by atoms with van der Waals surface area (Å²) < 4.78 is 81.9. The van der Waals surface area contributed by atoms with Crippen LogP contribution in [-0.2, 0) is 26.8 Å². The Morgan fingerprint density at radius 2 is 1.28 bits per heavy atom. The summed E-state index contributed by atoms with van der Waals surface area (Å²) in [5.74, 6) is 1.34. The van der Waals surface area contributed by atoms with E-state index in [0.29, 0.717) is 47.0 Å². The predicted molar refractivity (Wildman–Crippen MR) is 163 cm³/mol. The number of hydrogen-bond acceptors (Lipinski definition) is 10. The van der Waals surface area contributed by atoms with Crippen LogP contribution >= 0.6 is 0 Å².